The van der Waals surface area contributed by atoms with Crippen molar-refractivity contribution in [3.8, 4) is 0 Å². The molecule has 0 fully saturated rings. The molecule has 1 atom stereocenters. The SMILES string of the molecule is O=C(O)C(Cc1nccs1)/N=C/c1nccs1. The minimum Gasteiger partial charge on any atom is -0.480 e. The summed E-state index contributed by atoms with van der Waals surface area (Å²) in [5.41, 5.74) is 0. The molecule has 0 radical (unpaired) electrons. The van der Waals surface area contributed by atoms with Crippen molar-refractivity contribution in [3.63, 3.8) is 0 Å². The third-order valence-electron chi connectivity index (χ3n) is 1.95. The molecule has 0 bridgehead atoms. The Kier molecular flexibility index (Phi) is 3.94. The van der Waals surface area contributed by atoms with E-state index in [0.717, 1.165) is 5.01 Å². The number of thiazole rings is 2. The molecule has 2 aromatic rings. The van der Waals surface area contributed by atoms with Crippen LogP contribution in [0, 0.1) is 0 Å². The maximum absolute atomic E-state index is 11.0. The first kappa shape index (κ1) is 11.9. The average Bonchev–Trinajstić information content (AvgIpc) is 2.97. The predicted octanol–water partition coefficient (Wildman–Crippen LogP) is 1.71. The molecule has 0 amide bonds. The number of hydrogen-bond acceptors (Lipinski definition) is 6. The summed E-state index contributed by atoms with van der Waals surface area (Å²) in [4.78, 5) is 23.1. The van der Waals surface area contributed by atoms with Crippen LogP contribution in [-0.2, 0) is 11.2 Å². The van der Waals surface area contributed by atoms with Crippen LogP contribution in [0.4, 0.5) is 0 Å². The Bertz CT molecular complexity index is 494. The van der Waals surface area contributed by atoms with E-state index in [-0.39, 0.29) is 0 Å². The molecule has 0 saturated carbocycles. The zero-order valence-corrected chi connectivity index (χ0v) is 10.3. The summed E-state index contributed by atoms with van der Waals surface area (Å²) in [5.74, 6) is -0.951. The van der Waals surface area contributed by atoms with E-state index in [4.69, 9.17) is 5.11 Å². The fraction of sp³-hybridized carbons (Fsp3) is 0.200. The van der Waals surface area contributed by atoms with Gasteiger partial charge >= 0.3 is 5.97 Å². The highest BCUT2D eigenvalue weighted by molar-refractivity contribution is 7.11. The van der Waals surface area contributed by atoms with Crippen LogP contribution in [0.15, 0.2) is 28.1 Å². The number of aliphatic imine (C=N–C) groups is 1. The number of nitrogens with zero attached hydrogens (tertiary/aromatic N) is 3. The number of carboxylic acids is 1. The molecule has 0 aliphatic rings. The number of carbonyl (C=O) groups is 1. The van der Waals surface area contributed by atoms with Gasteiger partial charge in [-0.05, 0) is 0 Å². The lowest BCUT2D eigenvalue weighted by Crippen LogP contribution is -2.20. The quantitative estimate of drug-likeness (QED) is 0.837. The summed E-state index contributed by atoms with van der Waals surface area (Å²) >= 11 is 2.85. The summed E-state index contributed by atoms with van der Waals surface area (Å²) in [6, 6.07) is -0.801. The number of rotatable bonds is 5. The molecule has 88 valence electrons. The van der Waals surface area contributed by atoms with Crippen LogP contribution in [0.5, 0.6) is 0 Å². The van der Waals surface area contributed by atoms with Crippen molar-refractivity contribution in [1.29, 1.82) is 0 Å². The molecule has 7 heteroatoms. The van der Waals surface area contributed by atoms with E-state index in [0.29, 0.717) is 11.4 Å². The summed E-state index contributed by atoms with van der Waals surface area (Å²) < 4.78 is 0. The third-order valence-corrected chi connectivity index (χ3v) is 3.46. The molecule has 2 aromatic heterocycles. The van der Waals surface area contributed by atoms with E-state index >= 15 is 0 Å². The highest BCUT2D eigenvalue weighted by atomic mass is 32.1. The molecule has 0 aliphatic carbocycles. The van der Waals surface area contributed by atoms with Crippen LogP contribution in [0.1, 0.15) is 10.0 Å². The van der Waals surface area contributed by atoms with Crippen LogP contribution in [0.3, 0.4) is 0 Å². The first-order valence-corrected chi connectivity index (χ1v) is 6.55. The van der Waals surface area contributed by atoms with Gasteiger partial charge in [0.25, 0.3) is 0 Å². The second-order valence-corrected chi connectivity index (χ2v) is 5.04. The standard InChI is InChI=1S/C10H9N3O2S2/c14-10(15)7(5-8-11-1-3-16-8)13-6-9-12-2-4-17-9/h1-4,6-7H,5H2,(H,14,15)/b13-6+. The Labute approximate surface area is 106 Å². The second-order valence-electron chi connectivity index (χ2n) is 3.13. The third kappa shape index (κ3) is 3.43. The Balaban J connectivity index is 2.05. The van der Waals surface area contributed by atoms with Gasteiger partial charge in [-0.25, -0.2) is 14.8 Å². The first-order chi connectivity index (χ1) is 8.25. The molecule has 2 heterocycles. The minimum absolute atomic E-state index is 0.314. The molecule has 0 aliphatic heterocycles. The number of carboxylic acid groups (broad SMARTS) is 1. The van der Waals surface area contributed by atoms with Gasteiger partial charge in [0.05, 0.1) is 11.2 Å². The smallest absolute Gasteiger partial charge is 0.328 e. The number of aliphatic carboxylic acids is 1. The highest BCUT2D eigenvalue weighted by Gasteiger charge is 2.17. The van der Waals surface area contributed by atoms with Gasteiger partial charge in [-0.2, -0.15) is 0 Å². The van der Waals surface area contributed by atoms with Crippen molar-refractivity contribution in [3.05, 3.63) is 33.2 Å². The van der Waals surface area contributed by atoms with E-state index < -0.39 is 12.0 Å². The van der Waals surface area contributed by atoms with Crippen LogP contribution in [0.2, 0.25) is 0 Å². The van der Waals surface area contributed by atoms with Crippen molar-refractivity contribution in [2.75, 3.05) is 0 Å². The van der Waals surface area contributed by atoms with Gasteiger partial charge in [0, 0.05) is 29.6 Å². The van der Waals surface area contributed by atoms with Crippen molar-refractivity contribution in [2.24, 2.45) is 4.99 Å². The fourth-order valence-corrected chi connectivity index (χ4v) is 2.33. The van der Waals surface area contributed by atoms with Gasteiger partial charge in [-0.1, -0.05) is 0 Å². The molecule has 5 nitrogen and oxygen atoms in total. The summed E-state index contributed by atoms with van der Waals surface area (Å²) in [5, 5.41) is 14.2. The highest BCUT2D eigenvalue weighted by Crippen LogP contribution is 2.10. The van der Waals surface area contributed by atoms with E-state index in [1.807, 2.05) is 10.8 Å². The molecule has 1 N–H and O–H groups in total. The monoisotopic (exact) mass is 267 g/mol. The largest absolute Gasteiger partial charge is 0.480 e. The maximum Gasteiger partial charge on any atom is 0.328 e. The van der Waals surface area contributed by atoms with Crippen LogP contribution < -0.4 is 0 Å². The lowest BCUT2D eigenvalue weighted by Gasteiger charge is -2.03. The molecule has 0 spiro atoms. The first-order valence-electron chi connectivity index (χ1n) is 4.79. The van der Waals surface area contributed by atoms with Gasteiger partial charge in [-0.15, -0.1) is 22.7 Å². The van der Waals surface area contributed by atoms with Gasteiger partial charge in [-0.3, -0.25) is 4.99 Å². The molecular weight excluding hydrogens is 258 g/mol. The molecular formula is C10H9N3O2S2. The Morgan fingerprint density at radius 1 is 1.41 bits per heavy atom. The lowest BCUT2D eigenvalue weighted by molar-refractivity contribution is -0.138. The van der Waals surface area contributed by atoms with Crippen LogP contribution >= 0.6 is 22.7 Å². The van der Waals surface area contributed by atoms with Gasteiger partial charge in [0.15, 0.2) is 6.04 Å². The normalized spacial score (nSPS) is 12.9. The second kappa shape index (κ2) is 5.65. The number of aromatic nitrogens is 2. The molecule has 2 rings (SSSR count). The van der Waals surface area contributed by atoms with Crippen molar-refractivity contribution < 1.29 is 9.90 Å². The van der Waals surface area contributed by atoms with Gasteiger partial charge < -0.3 is 5.11 Å². The minimum atomic E-state index is -0.951. The molecule has 17 heavy (non-hydrogen) atoms. The van der Waals surface area contributed by atoms with Crippen LogP contribution in [-0.4, -0.2) is 33.3 Å². The van der Waals surface area contributed by atoms with Gasteiger partial charge in [0.1, 0.15) is 5.01 Å². The Morgan fingerprint density at radius 2 is 2.18 bits per heavy atom. The Morgan fingerprint density at radius 3 is 2.76 bits per heavy atom. The summed E-state index contributed by atoms with van der Waals surface area (Å²) in [6.45, 7) is 0. The fourth-order valence-electron chi connectivity index (χ4n) is 1.17. The Hall–Kier alpha value is -1.60. The van der Waals surface area contributed by atoms with Crippen molar-refractivity contribution in [2.45, 2.75) is 12.5 Å². The van der Waals surface area contributed by atoms with E-state index in [2.05, 4.69) is 15.0 Å². The van der Waals surface area contributed by atoms with Crippen molar-refractivity contribution in [1.82, 2.24) is 9.97 Å². The van der Waals surface area contributed by atoms with Gasteiger partial charge in [0.2, 0.25) is 0 Å². The average molecular weight is 267 g/mol. The molecule has 0 saturated heterocycles. The topological polar surface area (TPSA) is 75.4 Å². The van der Waals surface area contributed by atoms with E-state index in [1.54, 1.807) is 12.4 Å². The molecule has 0 aromatic carbocycles. The summed E-state index contributed by atoms with van der Waals surface area (Å²) in [7, 11) is 0. The zero-order chi connectivity index (χ0) is 12.1. The van der Waals surface area contributed by atoms with E-state index in [9.17, 15) is 4.79 Å². The van der Waals surface area contributed by atoms with Crippen molar-refractivity contribution >= 4 is 34.9 Å². The zero-order valence-electron chi connectivity index (χ0n) is 8.68. The van der Waals surface area contributed by atoms with Crippen LogP contribution in [0.25, 0.3) is 0 Å². The maximum atomic E-state index is 11.0. The summed E-state index contributed by atoms with van der Waals surface area (Å²) in [6.07, 6.45) is 5.12. The lowest BCUT2D eigenvalue weighted by atomic mass is 10.2. The molecule has 1 unspecified atom stereocenters. The van der Waals surface area contributed by atoms with E-state index in [1.165, 1.54) is 28.9 Å². The number of hydrogen-bond donors (Lipinski definition) is 1. The predicted molar refractivity (Wildman–Crippen MR) is 66.9 cm³/mol.